The highest BCUT2D eigenvalue weighted by Crippen LogP contribution is 2.01. The first-order valence-electron chi connectivity index (χ1n) is 4.10. The average Bonchev–Trinajstić information content (AvgIpc) is 2.24. The van der Waals surface area contributed by atoms with Crippen molar-refractivity contribution < 1.29 is 28.7 Å². The molecule has 8 heteroatoms. The molecule has 0 aromatic carbocycles. The molecule has 15 heavy (non-hydrogen) atoms. The number of carbonyl (C=O) groups is 2. The van der Waals surface area contributed by atoms with Gasteiger partial charge in [0.2, 0.25) is 0 Å². The molecule has 0 aliphatic rings. The largest absolute Gasteiger partial charge is 0.467 e. The highest BCUT2D eigenvalue weighted by Gasteiger charge is 2.17. The van der Waals surface area contributed by atoms with Crippen LogP contribution in [0.1, 0.15) is 6.92 Å². The fraction of sp³-hybridized carbons (Fsp3) is 0.714. The fourth-order valence-electron chi connectivity index (χ4n) is 0.598. The van der Waals surface area contributed by atoms with Crippen molar-refractivity contribution in [3.05, 3.63) is 0 Å². The average molecular weight is 239 g/mol. The number of nitrogens with zero attached hydrogens (tertiary/aromatic N) is 1. The molecule has 0 saturated heterocycles. The molecule has 0 amide bonds. The van der Waals surface area contributed by atoms with Crippen LogP contribution in [0.4, 0.5) is 0 Å². The van der Waals surface area contributed by atoms with Gasteiger partial charge >= 0.3 is 11.9 Å². The van der Waals surface area contributed by atoms with Gasteiger partial charge in [0.1, 0.15) is 15.2 Å². The third kappa shape index (κ3) is 6.22. The SMILES string of the molecule is COC(=O)C(C)OOC(=O)CN(C)[PH2]=O. The standard InChI is InChI=1S/C7H14NO6P/c1-5(7(10)12-3)13-14-6(9)4-8(2)15-11/h5H,4,15H2,1-3H3. The molecular weight excluding hydrogens is 225 g/mol. The maximum atomic E-state index is 11.0. The van der Waals surface area contributed by atoms with Crippen molar-refractivity contribution in [3.8, 4) is 0 Å². The van der Waals surface area contributed by atoms with Crippen LogP contribution in [0.5, 0.6) is 0 Å². The second-order valence-corrected chi connectivity index (χ2v) is 3.83. The van der Waals surface area contributed by atoms with E-state index in [0.717, 1.165) is 0 Å². The van der Waals surface area contributed by atoms with Gasteiger partial charge in [0.25, 0.3) is 0 Å². The Morgan fingerprint density at radius 3 is 2.53 bits per heavy atom. The summed E-state index contributed by atoms with van der Waals surface area (Å²) in [6, 6.07) is 0. The molecule has 0 heterocycles. The lowest BCUT2D eigenvalue weighted by Gasteiger charge is -2.10. The van der Waals surface area contributed by atoms with Crippen molar-refractivity contribution in [2.24, 2.45) is 0 Å². The highest BCUT2D eigenvalue weighted by molar-refractivity contribution is 7.20. The lowest BCUT2D eigenvalue weighted by Crippen LogP contribution is -2.26. The van der Waals surface area contributed by atoms with Crippen molar-refractivity contribution in [2.75, 3.05) is 20.7 Å². The van der Waals surface area contributed by atoms with E-state index < -0.39 is 26.7 Å². The van der Waals surface area contributed by atoms with Gasteiger partial charge in [-0.25, -0.2) is 14.3 Å². The van der Waals surface area contributed by atoms with Crippen LogP contribution in [0.25, 0.3) is 0 Å². The molecular formula is C7H14NO6P. The summed E-state index contributed by atoms with van der Waals surface area (Å²) in [5.41, 5.74) is 0. The molecule has 0 aromatic heterocycles. The van der Waals surface area contributed by atoms with Gasteiger partial charge in [-0.05, 0) is 14.0 Å². The van der Waals surface area contributed by atoms with Crippen LogP contribution in [-0.4, -0.2) is 43.4 Å². The Balaban J connectivity index is 3.80. The summed E-state index contributed by atoms with van der Waals surface area (Å²) in [7, 11) is 1.50. The van der Waals surface area contributed by atoms with Crippen molar-refractivity contribution in [3.63, 3.8) is 0 Å². The van der Waals surface area contributed by atoms with E-state index in [9.17, 15) is 14.2 Å². The molecule has 7 nitrogen and oxygen atoms in total. The first kappa shape index (κ1) is 14.1. The normalized spacial score (nSPS) is 13.1. The molecule has 2 atom stereocenters. The molecule has 0 aromatic rings. The molecule has 0 aliphatic carbocycles. The fourth-order valence-corrected chi connectivity index (χ4v) is 0.822. The summed E-state index contributed by atoms with van der Waals surface area (Å²) in [4.78, 5) is 30.5. The Hall–Kier alpha value is -0.910. The van der Waals surface area contributed by atoms with Gasteiger partial charge in [-0.1, -0.05) is 0 Å². The van der Waals surface area contributed by atoms with Gasteiger partial charge in [0.05, 0.1) is 7.11 Å². The monoisotopic (exact) mass is 239 g/mol. The van der Waals surface area contributed by atoms with Crippen LogP contribution in [0.3, 0.4) is 0 Å². The Labute approximate surface area is 88.5 Å². The number of hydrogen-bond donors (Lipinski definition) is 0. The van der Waals surface area contributed by atoms with Gasteiger partial charge in [-0.3, -0.25) is 4.89 Å². The van der Waals surface area contributed by atoms with Crippen LogP contribution < -0.4 is 0 Å². The second kappa shape index (κ2) is 7.39. The number of hydrogen-bond acceptors (Lipinski definition) is 6. The van der Waals surface area contributed by atoms with E-state index in [2.05, 4.69) is 14.5 Å². The minimum atomic E-state index is -1.19. The Morgan fingerprint density at radius 2 is 2.07 bits per heavy atom. The van der Waals surface area contributed by atoms with Crippen LogP contribution in [0.15, 0.2) is 0 Å². The van der Waals surface area contributed by atoms with Crippen molar-refractivity contribution in [1.82, 2.24) is 4.67 Å². The van der Waals surface area contributed by atoms with Crippen LogP contribution in [0, 0.1) is 0 Å². The van der Waals surface area contributed by atoms with Crippen LogP contribution >= 0.6 is 8.61 Å². The smallest absolute Gasteiger partial charge is 0.356 e. The number of carbonyl (C=O) groups excluding carboxylic acids is 2. The molecule has 0 saturated carbocycles. The third-order valence-electron chi connectivity index (χ3n) is 1.38. The summed E-state index contributed by atoms with van der Waals surface area (Å²) < 4.78 is 16.0. The van der Waals surface area contributed by atoms with E-state index in [0.29, 0.717) is 0 Å². The Morgan fingerprint density at radius 1 is 1.47 bits per heavy atom. The molecule has 0 fully saturated rings. The zero-order valence-corrected chi connectivity index (χ0v) is 9.91. The first-order chi connectivity index (χ1) is 7.01. The lowest BCUT2D eigenvalue weighted by atomic mass is 10.4. The molecule has 0 rings (SSSR count). The molecule has 0 radical (unpaired) electrons. The predicted molar refractivity (Wildman–Crippen MR) is 51.7 cm³/mol. The topological polar surface area (TPSA) is 82.1 Å². The zero-order valence-electron chi connectivity index (χ0n) is 8.76. The van der Waals surface area contributed by atoms with Crippen molar-refractivity contribution in [1.29, 1.82) is 0 Å². The van der Waals surface area contributed by atoms with E-state index in [-0.39, 0.29) is 6.54 Å². The number of methoxy groups -OCH3 is 1. The number of ether oxygens (including phenoxy) is 1. The van der Waals surface area contributed by atoms with E-state index >= 15 is 0 Å². The Bertz CT molecular complexity index is 246. The highest BCUT2D eigenvalue weighted by atomic mass is 31.1. The third-order valence-corrected chi connectivity index (χ3v) is 1.92. The van der Waals surface area contributed by atoms with E-state index in [1.807, 2.05) is 0 Å². The lowest BCUT2D eigenvalue weighted by molar-refractivity contribution is -0.292. The van der Waals surface area contributed by atoms with Gasteiger partial charge in [0, 0.05) is 0 Å². The summed E-state index contributed by atoms with van der Waals surface area (Å²) in [5.74, 6) is -1.37. The van der Waals surface area contributed by atoms with Crippen LogP contribution in [-0.2, 0) is 28.7 Å². The van der Waals surface area contributed by atoms with Gasteiger partial charge in [0.15, 0.2) is 6.10 Å². The minimum Gasteiger partial charge on any atom is -0.467 e. The number of rotatable bonds is 6. The summed E-state index contributed by atoms with van der Waals surface area (Å²) in [6.45, 7) is 1.22. The maximum absolute atomic E-state index is 11.0. The van der Waals surface area contributed by atoms with Crippen LogP contribution in [0.2, 0.25) is 0 Å². The Kier molecular flexibility index (Phi) is 6.94. The molecule has 0 N–H and O–H groups in total. The zero-order chi connectivity index (χ0) is 11.8. The van der Waals surface area contributed by atoms with Gasteiger partial charge in [-0.2, -0.15) is 4.89 Å². The van der Waals surface area contributed by atoms with Crippen molar-refractivity contribution in [2.45, 2.75) is 13.0 Å². The quantitative estimate of drug-likeness (QED) is 0.270. The second-order valence-electron chi connectivity index (χ2n) is 2.74. The van der Waals surface area contributed by atoms with Crippen molar-refractivity contribution >= 4 is 20.5 Å². The predicted octanol–water partition coefficient (Wildman–Crippen LogP) is -0.374. The first-order valence-corrected chi connectivity index (χ1v) is 5.09. The summed E-state index contributed by atoms with van der Waals surface area (Å²) in [6.07, 6.45) is -0.983. The van der Waals surface area contributed by atoms with E-state index in [1.54, 1.807) is 0 Å². The molecule has 2 unspecified atom stereocenters. The molecule has 0 spiro atoms. The number of likely N-dealkylation sites (N-methyl/N-ethyl adjacent to an activating group) is 1. The number of esters is 1. The maximum Gasteiger partial charge on any atom is 0.356 e. The minimum absolute atomic E-state index is 0.160. The van der Waals surface area contributed by atoms with E-state index in [1.165, 1.54) is 25.8 Å². The molecule has 0 bridgehead atoms. The summed E-state index contributed by atoms with van der Waals surface area (Å²) in [5, 5.41) is 0. The van der Waals surface area contributed by atoms with Gasteiger partial charge < -0.3 is 9.30 Å². The molecule has 0 aliphatic heterocycles. The van der Waals surface area contributed by atoms with Gasteiger partial charge in [-0.15, -0.1) is 0 Å². The summed E-state index contributed by atoms with van der Waals surface area (Å²) >= 11 is 0. The molecule has 88 valence electrons. The van der Waals surface area contributed by atoms with E-state index in [4.69, 9.17) is 0 Å².